The number of carboxylic acid groups (broad SMARTS) is 1. The fourth-order valence-corrected chi connectivity index (χ4v) is 3.09. The monoisotopic (exact) mass is 271 g/mol. The number of carbonyl (C=O) groups is 2. The van der Waals surface area contributed by atoms with Crippen LogP contribution in [0, 0.1) is 0 Å². The Morgan fingerprint density at radius 1 is 1.22 bits per heavy atom. The number of amides is 1. The molecule has 0 aromatic heterocycles. The maximum atomic E-state index is 11.9. The Bertz CT molecular complexity index is 370. The van der Waals surface area contributed by atoms with Gasteiger partial charge in [0.05, 0.1) is 0 Å². The SMILES string of the molecule is CSC1(CNC(=O)C(C)=C(C)C(=O)O)CCCC1. The van der Waals surface area contributed by atoms with Crippen molar-refractivity contribution in [1.29, 1.82) is 0 Å². The fourth-order valence-electron chi connectivity index (χ4n) is 2.18. The number of aliphatic carboxylic acids is 1. The first-order chi connectivity index (χ1) is 8.42. The predicted molar refractivity (Wildman–Crippen MR) is 73.7 cm³/mol. The summed E-state index contributed by atoms with van der Waals surface area (Å²) in [5.74, 6) is -1.31. The molecule has 0 aromatic carbocycles. The Labute approximate surface area is 112 Å². The lowest BCUT2D eigenvalue weighted by molar-refractivity contribution is -0.133. The largest absolute Gasteiger partial charge is 0.478 e. The molecule has 18 heavy (non-hydrogen) atoms. The summed E-state index contributed by atoms with van der Waals surface area (Å²) in [5.41, 5.74) is 0.397. The number of carboxylic acids is 1. The van der Waals surface area contributed by atoms with Gasteiger partial charge in [-0.3, -0.25) is 4.79 Å². The minimum atomic E-state index is -1.04. The molecule has 1 rings (SSSR count). The van der Waals surface area contributed by atoms with E-state index < -0.39 is 5.97 Å². The van der Waals surface area contributed by atoms with Crippen LogP contribution in [0.15, 0.2) is 11.1 Å². The van der Waals surface area contributed by atoms with Crippen molar-refractivity contribution in [3.05, 3.63) is 11.1 Å². The maximum absolute atomic E-state index is 11.9. The molecule has 1 aliphatic rings. The van der Waals surface area contributed by atoms with E-state index in [1.807, 2.05) is 0 Å². The summed E-state index contributed by atoms with van der Waals surface area (Å²) in [7, 11) is 0. The van der Waals surface area contributed by atoms with Gasteiger partial charge in [0, 0.05) is 22.4 Å². The molecule has 0 unspecified atom stereocenters. The zero-order valence-electron chi connectivity index (χ0n) is 11.2. The van der Waals surface area contributed by atoms with Gasteiger partial charge in [0.1, 0.15) is 0 Å². The van der Waals surface area contributed by atoms with Crippen molar-refractivity contribution in [2.45, 2.75) is 44.3 Å². The molecule has 1 aliphatic carbocycles. The van der Waals surface area contributed by atoms with Gasteiger partial charge < -0.3 is 10.4 Å². The summed E-state index contributed by atoms with van der Waals surface area (Å²) in [5, 5.41) is 11.7. The maximum Gasteiger partial charge on any atom is 0.331 e. The number of rotatable bonds is 5. The third kappa shape index (κ3) is 3.51. The Kier molecular flexibility index (Phi) is 5.26. The third-order valence-corrected chi connectivity index (χ3v) is 5.16. The standard InChI is InChI=1S/C13H21NO3S/c1-9(10(2)12(16)17)11(15)14-8-13(18-3)6-4-5-7-13/h4-8H2,1-3H3,(H,14,15)(H,16,17). The topological polar surface area (TPSA) is 66.4 Å². The van der Waals surface area contributed by atoms with E-state index in [0.29, 0.717) is 6.54 Å². The second kappa shape index (κ2) is 6.27. The van der Waals surface area contributed by atoms with E-state index in [1.165, 1.54) is 19.8 Å². The lowest BCUT2D eigenvalue weighted by Gasteiger charge is -2.27. The van der Waals surface area contributed by atoms with Crippen LogP contribution in [0.1, 0.15) is 39.5 Å². The van der Waals surface area contributed by atoms with Gasteiger partial charge in [-0.15, -0.1) is 0 Å². The molecule has 0 aliphatic heterocycles. The highest BCUT2D eigenvalue weighted by atomic mass is 32.2. The summed E-state index contributed by atoms with van der Waals surface area (Å²) in [4.78, 5) is 22.6. The second-order valence-corrected chi connectivity index (χ2v) is 6.11. The van der Waals surface area contributed by atoms with Crippen LogP contribution in [0.5, 0.6) is 0 Å². The highest BCUT2D eigenvalue weighted by Crippen LogP contribution is 2.39. The van der Waals surface area contributed by atoms with Gasteiger partial charge >= 0.3 is 5.97 Å². The number of hydrogen-bond acceptors (Lipinski definition) is 3. The molecule has 0 bridgehead atoms. The smallest absolute Gasteiger partial charge is 0.331 e. The van der Waals surface area contributed by atoms with Gasteiger partial charge in [-0.2, -0.15) is 11.8 Å². The first-order valence-electron chi connectivity index (χ1n) is 6.16. The fraction of sp³-hybridized carbons (Fsp3) is 0.692. The first-order valence-corrected chi connectivity index (χ1v) is 7.38. The Morgan fingerprint density at radius 2 is 1.78 bits per heavy atom. The van der Waals surface area contributed by atoms with Gasteiger partial charge in [0.2, 0.25) is 5.91 Å². The van der Waals surface area contributed by atoms with E-state index >= 15 is 0 Å². The van der Waals surface area contributed by atoms with Crippen LogP contribution in [0.25, 0.3) is 0 Å². The van der Waals surface area contributed by atoms with Crippen LogP contribution in [0.3, 0.4) is 0 Å². The van der Waals surface area contributed by atoms with Crippen LogP contribution >= 0.6 is 11.8 Å². The predicted octanol–water partition coefficient (Wildman–Crippen LogP) is 2.20. The summed E-state index contributed by atoms with van der Waals surface area (Å²) < 4.78 is 0.146. The van der Waals surface area contributed by atoms with E-state index in [2.05, 4.69) is 11.6 Å². The average Bonchev–Trinajstić information content (AvgIpc) is 2.83. The first kappa shape index (κ1) is 15.1. The molecule has 0 aromatic rings. The number of hydrogen-bond donors (Lipinski definition) is 2. The minimum absolute atomic E-state index is 0.108. The molecular weight excluding hydrogens is 250 g/mol. The van der Waals surface area contributed by atoms with Crippen molar-refractivity contribution >= 4 is 23.6 Å². The molecule has 2 N–H and O–H groups in total. The normalized spacial score (nSPS) is 19.3. The molecule has 0 atom stereocenters. The summed E-state index contributed by atoms with van der Waals surface area (Å²) >= 11 is 1.80. The van der Waals surface area contributed by atoms with Crippen LogP contribution < -0.4 is 5.32 Å². The van der Waals surface area contributed by atoms with Crippen LogP contribution in [-0.4, -0.2) is 34.5 Å². The van der Waals surface area contributed by atoms with E-state index in [-0.39, 0.29) is 21.8 Å². The molecule has 0 spiro atoms. The molecular formula is C13H21NO3S. The lowest BCUT2D eigenvalue weighted by Crippen LogP contribution is -2.39. The zero-order valence-corrected chi connectivity index (χ0v) is 12.0. The Hall–Kier alpha value is -0.970. The van der Waals surface area contributed by atoms with Crippen molar-refractivity contribution in [3.8, 4) is 0 Å². The van der Waals surface area contributed by atoms with Crippen molar-refractivity contribution in [1.82, 2.24) is 5.32 Å². The summed E-state index contributed by atoms with van der Waals surface area (Å²) in [6.45, 7) is 3.63. The lowest BCUT2D eigenvalue weighted by atomic mass is 10.1. The van der Waals surface area contributed by atoms with Crippen LogP contribution in [0.2, 0.25) is 0 Å². The molecule has 102 valence electrons. The number of thioether (sulfide) groups is 1. The molecule has 1 amide bonds. The van der Waals surface area contributed by atoms with Crippen molar-refractivity contribution in [2.24, 2.45) is 0 Å². The van der Waals surface area contributed by atoms with E-state index in [9.17, 15) is 9.59 Å². The summed E-state index contributed by atoms with van der Waals surface area (Å²) in [6.07, 6.45) is 6.73. The zero-order chi connectivity index (χ0) is 13.8. The number of nitrogens with one attached hydrogen (secondary N) is 1. The molecule has 4 nitrogen and oxygen atoms in total. The van der Waals surface area contributed by atoms with Crippen molar-refractivity contribution in [2.75, 3.05) is 12.8 Å². The van der Waals surface area contributed by atoms with E-state index in [0.717, 1.165) is 12.8 Å². The van der Waals surface area contributed by atoms with Crippen LogP contribution in [-0.2, 0) is 9.59 Å². The molecule has 0 radical (unpaired) electrons. The average molecular weight is 271 g/mol. The quantitative estimate of drug-likeness (QED) is 0.752. The van der Waals surface area contributed by atoms with Gasteiger partial charge in [-0.05, 0) is 32.9 Å². The molecule has 0 heterocycles. The minimum Gasteiger partial charge on any atom is -0.478 e. The highest BCUT2D eigenvalue weighted by molar-refractivity contribution is 8.00. The molecule has 5 heteroatoms. The molecule has 0 saturated heterocycles. The van der Waals surface area contributed by atoms with Gasteiger partial charge in [0.25, 0.3) is 0 Å². The van der Waals surface area contributed by atoms with Gasteiger partial charge in [0.15, 0.2) is 0 Å². The molecule has 1 fully saturated rings. The highest BCUT2D eigenvalue weighted by Gasteiger charge is 2.33. The van der Waals surface area contributed by atoms with Crippen molar-refractivity contribution in [3.63, 3.8) is 0 Å². The van der Waals surface area contributed by atoms with Crippen molar-refractivity contribution < 1.29 is 14.7 Å². The van der Waals surface area contributed by atoms with Gasteiger partial charge in [-0.25, -0.2) is 4.79 Å². The Balaban J connectivity index is 2.61. The Morgan fingerprint density at radius 3 is 2.22 bits per heavy atom. The third-order valence-electron chi connectivity index (χ3n) is 3.74. The second-order valence-electron chi connectivity index (χ2n) is 4.83. The van der Waals surface area contributed by atoms with Gasteiger partial charge in [-0.1, -0.05) is 12.8 Å². The van der Waals surface area contributed by atoms with E-state index in [1.54, 1.807) is 18.7 Å². The molecule has 1 saturated carbocycles. The van der Waals surface area contributed by atoms with Crippen LogP contribution in [0.4, 0.5) is 0 Å². The summed E-state index contributed by atoms with van der Waals surface area (Å²) in [6, 6.07) is 0. The number of carbonyl (C=O) groups excluding carboxylic acids is 1. The van der Waals surface area contributed by atoms with E-state index in [4.69, 9.17) is 5.11 Å².